The van der Waals surface area contributed by atoms with Crippen molar-refractivity contribution in [2.24, 2.45) is 0 Å². The lowest BCUT2D eigenvalue weighted by Gasteiger charge is -2.31. The summed E-state index contributed by atoms with van der Waals surface area (Å²) in [6.45, 7) is 12.9. The van der Waals surface area contributed by atoms with Gasteiger partial charge in [0.05, 0.1) is 7.11 Å². The Hall–Kier alpha value is -2.82. The first-order valence-corrected chi connectivity index (χ1v) is 12.4. The molecular formula is C29H42N2O3. The number of carbonyl (C=O) groups excluding carboxylic acids is 2. The number of hydrogen-bond acceptors (Lipinski definition) is 3. The Kier molecular flexibility index (Phi) is 10.2. The van der Waals surface area contributed by atoms with Crippen molar-refractivity contribution in [1.29, 1.82) is 0 Å². The number of nitrogens with zero attached hydrogens (tertiary/aromatic N) is 1. The van der Waals surface area contributed by atoms with Gasteiger partial charge in [-0.1, -0.05) is 71.0 Å². The minimum absolute atomic E-state index is 0.0196. The van der Waals surface area contributed by atoms with Gasteiger partial charge in [-0.25, -0.2) is 0 Å². The van der Waals surface area contributed by atoms with Crippen molar-refractivity contribution in [3.05, 3.63) is 65.2 Å². The van der Waals surface area contributed by atoms with Gasteiger partial charge in [0.2, 0.25) is 11.8 Å². The molecule has 34 heavy (non-hydrogen) atoms. The van der Waals surface area contributed by atoms with Crippen LogP contribution in [0.25, 0.3) is 0 Å². The summed E-state index contributed by atoms with van der Waals surface area (Å²) >= 11 is 0. The molecule has 2 unspecified atom stereocenters. The maximum absolute atomic E-state index is 13.5. The second-order valence-electron chi connectivity index (χ2n) is 10.1. The third kappa shape index (κ3) is 7.89. The minimum atomic E-state index is -0.518. The summed E-state index contributed by atoms with van der Waals surface area (Å²) in [6.07, 6.45) is 2.39. The summed E-state index contributed by atoms with van der Waals surface area (Å²) in [6, 6.07) is 15.7. The van der Waals surface area contributed by atoms with Crippen LogP contribution in [0.2, 0.25) is 0 Å². The zero-order valence-electron chi connectivity index (χ0n) is 22.0. The number of ether oxygens (including phenoxy) is 1. The third-order valence-electron chi connectivity index (χ3n) is 6.32. The van der Waals surface area contributed by atoms with E-state index in [1.54, 1.807) is 12.0 Å². The molecule has 0 fully saturated rings. The molecule has 2 atom stereocenters. The standard InChI is InChI=1S/C29H42N2O3/c1-8-21(3)30-28(33)26(9-2)31(20-23-11-10-12-25(19-23)34-7)27(32)18-15-22-13-16-24(17-14-22)29(4,5)6/h10-14,16-17,19,21,26H,8-9,15,18,20H2,1-7H3,(H,30,33). The Labute approximate surface area is 205 Å². The first-order valence-electron chi connectivity index (χ1n) is 12.4. The van der Waals surface area contributed by atoms with E-state index in [9.17, 15) is 9.59 Å². The molecule has 186 valence electrons. The van der Waals surface area contributed by atoms with Crippen molar-refractivity contribution < 1.29 is 14.3 Å². The molecule has 1 N–H and O–H groups in total. The largest absolute Gasteiger partial charge is 0.497 e. The molecule has 0 saturated heterocycles. The molecule has 0 heterocycles. The predicted octanol–water partition coefficient (Wildman–Crippen LogP) is 5.65. The van der Waals surface area contributed by atoms with Crippen LogP contribution in [0.4, 0.5) is 0 Å². The quantitative estimate of drug-likeness (QED) is 0.466. The monoisotopic (exact) mass is 466 g/mol. The van der Waals surface area contributed by atoms with E-state index in [4.69, 9.17) is 4.74 Å². The second kappa shape index (κ2) is 12.6. The highest BCUT2D eigenvalue weighted by Gasteiger charge is 2.29. The van der Waals surface area contributed by atoms with E-state index in [1.165, 1.54) is 5.56 Å². The van der Waals surface area contributed by atoms with E-state index in [2.05, 4.69) is 50.4 Å². The molecular weight excluding hydrogens is 424 g/mol. The number of hydrogen-bond donors (Lipinski definition) is 1. The van der Waals surface area contributed by atoms with Gasteiger partial charge in [0.15, 0.2) is 0 Å². The van der Waals surface area contributed by atoms with Crippen LogP contribution in [0.5, 0.6) is 5.75 Å². The average molecular weight is 467 g/mol. The van der Waals surface area contributed by atoms with E-state index < -0.39 is 6.04 Å². The number of amides is 2. The zero-order chi connectivity index (χ0) is 25.3. The van der Waals surface area contributed by atoms with Crippen molar-refractivity contribution in [1.82, 2.24) is 10.2 Å². The van der Waals surface area contributed by atoms with E-state index in [1.807, 2.05) is 45.0 Å². The topological polar surface area (TPSA) is 58.6 Å². The number of rotatable bonds is 11. The predicted molar refractivity (Wildman–Crippen MR) is 139 cm³/mol. The van der Waals surface area contributed by atoms with Crippen molar-refractivity contribution in [2.45, 2.75) is 91.3 Å². The highest BCUT2D eigenvalue weighted by Crippen LogP contribution is 2.23. The smallest absolute Gasteiger partial charge is 0.243 e. The first kappa shape index (κ1) is 27.4. The Balaban J connectivity index is 2.22. The number of nitrogens with one attached hydrogen (secondary N) is 1. The van der Waals surface area contributed by atoms with Crippen LogP contribution >= 0.6 is 0 Å². The highest BCUT2D eigenvalue weighted by atomic mass is 16.5. The Bertz CT molecular complexity index is 931. The molecule has 2 aromatic rings. The van der Waals surface area contributed by atoms with Gasteiger partial charge >= 0.3 is 0 Å². The van der Waals surface area contributed by atoms with E-state index in [-0.39, 0.29) is 23.3 Å². The molecule has 0 spiro atoms. The van der Waals surface area contributed by atoms with Crippen LogP contribution in [0, 0.1) is 0 Å². The molecule has 0 aromatic heterocycles. The van der Waals surface area contributed by atoms with Gasteiger partial charge in [0, 0.05) is 19.0 Å². The summed E-state index contributed by atoms with van der Waals surface area (Å²) in [7, 11) is 1.63. The maximum Gasteiger partial charge on any atom is 0.243 e. The molecule has 0 aliphatic heterocycles. The van der Waals surface area contributed by atoms with Gasteiger partial charge in [-0.2, -0.15) is 0 Å². The normalized spacial score (nSPS) is 13.1. The fourth-order valence-electron chi connectivity index (χ4n) is 3.89. The van der Waals surface area contributed by atoms with E-state index in [0.29, 0.717) is 25.8 Å². The van der Waals surface area contributed by atoms with Gasteiger partial charge in [-0.15, -0.1) is 0 Å². The van der Waals surface area contributed by atoms with Crippen LogP contribution in [0.15, 0.2) is 48.5 Å². The van der Waals surface area contributed by atoms with E-state index >= 15 is 0 Å². The molecule has 5 heteroatoms. The summed E-state index contributed by atoms with van der Waals surface area (Å²) in [5, 5.41) is 3.06. The van der Waals surface area contributed by atoms with Gasteiger partial charge in [0.25, 0.3) is 0 Å². The van der Waals surface area contributed by atoms with Gasteiger partial charge < -0.3 is 15.0 Å². The first-order chi connectivity index (χ1) is 16.1. The van der Waals surface area contributed by atoms with Crippen LogP contribution < -0.4 is 10.1 Å². The minimum Gasteiger partial charge on any atom is -0.497 e. The third-order valence-corrected chi connectivity index (χ3v) is 6.32. The molecule has 2 amide bonds. The molecule has 0 bridgehead atoms. The number of benzene rings is 2. The van der Waals surface area contributed by atoms with Gasteiger partial charge in [-0.05, 0) is 60.4 Å². The molecule has 0 aliphatic rings. The number of carbonyl (C=O) groups is 2. The van der Waals surface area contributed by atoms with Crippen LogP contribution in [-0.4, -0.2) is 35.9 Å². The van der Waals surface area contributed by atoms with Gasteiger partial charge in [-0.3, -0.25) is 9.59 Å². The lowest BCUT2D eigenvalue weighted by atomic mass is 9.86. The van der Waals surface area contributed by atoms with Crippen LogP contribution in [-0.2, 0) is 28.0 Å². The highest BCUT2D eigenvalue weighted by molar-refractivity contribution is 5.88. The Morgan fingerprint density at radius 2 is 1.68 bits per heavy atom. The summed E-state index contributed by atoms with van der Waals surface area (Å²) in [5.74, 6) is 0.623. The number of methoxy groups -OCH3 is 1. The van der Waals surface area contributed by atoms with Crippen molar-refractivity contribution >= 4 is 11.8 Å². The van der Waals surface area contributed by atoms with E-state index in [0.717, 1.165) is 23.3 Å². The van der Waals surface area contributed by atoms with Crippen molar-refractivity contribution in [3.63, 3.8) is 0 Å². The lowest BCUT2D eigenvalue weighted by Crippen LogP contribution is -2.50. The SMILES string of the molecule is CCC(C)NC(=O)C(CC)N(Cc1cccc(OC)c1)C(=O)CCc1ccc(C(C)(C)C)cc1. The van der Waals surface area contributed by atoms with Gasteiger partial charge in [0.1, 0.15) is 11.8 Å². The molecule has 0 aliphatic carbocycles. The van der Waals surface area contributed by atoms with Crippen LogP contribution in [0.1, 0.15) is 77.5 Å². The summed E-state index contributed by atoms with van der Waals surface area (Å²) in [5.41, 5.74) is 3.44. The van der Waals surface area contributed by atoms with Crippen molar-refractivity contribution in [3.8, 4) is 5.75 Å². The fourth-order valence-corrected chi connectivity index (χ4v) is 3.89. The number of aryl methyl sites for hydroxylation is 1. The van der Waals surface area contributed by atoms with Crippen molar-refractivity contribution in [2.75, 3.05) is 7.11 Å². The second-order valence-corrected chi connectivity index (χ2v) is 10.1. The molecule has 0 radical (unpaired) electrons. The molecule has 0 saturated carbocycles. The molecule has 2 rings (SSSR count). The maximum atomic E-state index is 13.5. The summed E-state index contributed by atoms with van der Waals surface area (Å²) in [4.78, 5) is 28.3. The Morgan fingerprint density at radius 3 is 2.24 bits per heavy atom. The van der Waals surface area contributed by atoms with Crippen LogP contribution in [0.3, 0.4) is 0 Å². The average Bonchev–Trinajstić information content (AvgIpc) is 2.82. The molecule has 5 nitrogen and oxygen atoms in total. The Morgan fingerprint density at radius 1 is 1.00 bits per heavy atom. The molecule has 2 aromatic carbocycles. The fraction of sp³-hybridized carbons (Fsp3) is 0.517. The lowest BCUT2D eigenvalue weighted by molar-refractivity contribution is -0.141. The zero-order valence-corrected chi connectivity index (χ0v) is 22.0. The summed E-state index contributed by atoms with van der Waals surface area (Å²) < 4.78 is 5.35.